The lowest BCUT2D eigenvalue weighted by molar-refractivity contribution is -0.0400. The monoisotopic (exact) mass is 2110 g/mol. The third kappa shape index (κ3) is 25.0. The molecule has 16 N–H and O–H groups in total. The molecule has 15 heterocycles. The summed E-state index contributed by atoms with van der Waals surface area (Å²) < 4.78 is 38.6. The van der Waals surface area contributed by atoms with Gasteiger partial charge in [-0.3, -0.25) is 46.8 Å². The molecule has 0 bridgehead atoms. The number of hydrogen-bond donors (Lipinski definition) is 16. The van der Waals surface area contributed by atoms with E-state index in [9.17, 15) is 75.0 Å². The number of aromatic amines is 6. The highest BCUT2D eigenvalue weighted by molar-refractivity contribution is 14.1. The van der Waals surface area contributed by atoms with Crippen LogP contribution >= 0.6 is 105 Å². The van der Waals surface area contributed by atoms with Crippen molar-refractivity contribution in [2.45, 2.75) is 225 Å². The highest BCUT2D eigenvalue weighted by Gasteiger charge is 2.51. The minimum Gasteiger partial charge on any atom is -0.388 e. The number of H-pyrrole nitrogens is 6. The van der Waals surface area contributed by atoms with Crippen molar-refractivity contribution >= 4 is 192 Å². The minimum atomic E-state index is -1.27. The number of hydrogen-bond acceptors (Lipinski definition) is 33. The molecule has 0 unspecified atom stereocenters. The zero-order chi connectivity index (χ0) is 96.8. The smallest absolute Gasteiger partial charge is 0.279 e. The van der Waals surface area contributed by atoms with E-state index >= 15 is 0 Å². The number of nitrogens with one attached hydrogen (secondary N) is 6. The van der Waals surface area contributed by atoms with Gasteiger partial charge in [0.2, 0.25) is 0 Å². The number of fused-ring (bicyclic) bond motifs is 5. The molecule has 0 aliphatic carbocycles. The summed E-state index contributed by atoms with van der Waals surface area (Å²) in [4.78, 5) is 116. The minimum absolute atomic E-state index is 0.188. The third-order valence-electron chi connectivity index (χ3n) is 22.2. The molecule has 15 rings (SSSR count). The predicted octanol–water partition coefficient (Wildman–Crippen LogP) is 5.34. The van der Waals surface area contributed by atoms with Gasteiger partial charge in [0.05, 0.1) is 30.5 Å². The number of ether oxygens (including phenoxy) is 5. The number of nitrogens with zero attached hydrogens (tertiary/aromatic N) is 14. The average molecular weight is 2110 g/mol. The van der Waals surface area contributed by atoms with Crippen LogP contribution < -0.4 is 27.8 Å². The molecular weight excluding hydrogens is 1980 g/mol. The predicted molar refractivity (Wildman–Crippen MR) is 540 cm³/mol. The summed E-state index contributed by atoms with van der Waals surface area (Å²) in [7, 11) is 0. The van der Waals surface area contributed by atoms with Crippen molar-refractivity contribution in [3.63, 3.8) is 0 Å². The van der Waals surface area contributed by atoms with Gasteiger partial charge in [-0.15, -0.1) is 65.9 Å². The van der Waals surface area contributed by atoms with E-state index in [0.29, 0.717) is 109 Å². The fourth-order valence-corrected chi connectivity index (χ4v) is 23.5. The maximum Gasteiger partial charge on any atom is 0.279 e. The molecule has 20 atom stereocenters. The van der Waals surface area contributed by atoms with Crippen LogP contribution in [0.2, 0.25) is 0 Å². The number of aryl methyl sites for hydroxylation is 5. The summed E-state index contributed by atoms with van der Waals surface area (Å²) in [6.45, 7) is 27.3. The van der Waals surface area contributed by atoms with Crippen molar-refractivity contribution in [3.8, 4) is 0 Å². The second kappa shape index (κ2) is 42.9. The molecular formula is C81H126IN20O20P5S4. The van der Waals surface area contributed by atoms with E-state index < -0.39 is 157 Å². The summed E-state index contributed by atoms with van der Waals surface area (Å²) in [5.41, 5.74) is 1.03. The standard InChI is InChI=1S/C18H29N4O4PS.C17H27N4O4PS.C16H25N4O4PS.C15H22IN4O4P.C15H23N4O4PS/c1-6-9-28-18-21-12-15(19-10(2)20-16(12)25)22(18)17-14(24)13(23)11(26-17)7-8-27(3,4)5;1-6-27-17-20-11-14(18-9(2)19-15(11)24)21(17)16-13(23)12(22)10(25-16)7-8-26(3,4)5;1-8-17-13-10(14(23)18-8)19-16(26-5)20(13)15-12(22)11(21)9(24-15)6-7-25(2,3)4;1-7-17-12-9(13(23)18-7)19-15(16)20(12)14-11(22)10(21)8(24-14)5-6-25(2,3)4;1-7-16-12-9(13(22)17-7)18-15(25)19(12)14-11(21)10(20)8(23-14)5-6-24(2,3)4/h11,13-14,17,23-24H,3,6-9H2,1-2,4-5H3,(H,19,20,25);10,12-13,16,22-23H,3,6-8H2,1-2,4-5H3,(H,18,19,24);9,11-12,15,21-22H,2,6-7H2,1,3-5H3,(H,17,18,23);8,10-11,14,21-22H,2,5-6H2,1,3-4H3,(H,17,18,23);8,10-11,14,20-21H,2,5-6H2,1,3-4H3,(H,18,25)(H,16,17,22)/t11-,13-,14-,17-;10-,12-,13-,16-;9-,11-,12-,15-;2*8-,10-,11-,14-/m11111/s1. The van der Waals surface area contributed by atoms with Gasteiger partial charge in [-0.1, -0.05) is 49.1 Å². The highest BCUT2D eigenvalue weighted by Crippen LogP contribution is 2.47. The van der Waals surface area contributed by atoms with Gasteiger partial charge in [0.25, 0.3) is 27.8 Å². The van der Waals surface area contributed by atoms with Crippen LogP contribution in [-0.4, -0.2) is 387 Å². The van der Waals surface area contributed by atoms with Crippen molar-refractivity contribution in [1.82, 2.24) is 97.6 Å². The molecule has 0 saturated carbocycles. The summed E-state index contributed by atoms with van der Waals surface area (Å²) in [5.74, 6) is 3.76. The third-order valence-corrected chi connectivity index (χ3v) is 33.2. The van der Waals surface area contributed by atoms with Gasteiger partial charge >= 0.3 is 0 Å². The van der Waals surface area contributed by atoms with Crippen molar-refractivity contribution in [2.24, 2.45) is 0 Å². The molecule has 10 aromatic heterocycles. The van der Waals surface area contributed by atoms with Gasteiger partial charge < -0.3 is 105 Å². The molecule has 5 saturated heterocycles. The normalized spacial score (nSPS) is 26.6. The van der Waals surface area contributed by atoms with Crippen molar-refractivity contribution in [3.05, 3.63) is 89.5 Å². The second-order valence-corrected chi connectivity index (χ2v) is 63.0. The Kier molecular flexibility index (Phi) is 34.8. The fraction of sp³-hybridized carbons (Fsp3) is 0.630. The molecule has 40 nitrogen and oxygen atoms in total. The number of thioether (sulfide) groups is 3. The van der Waals surface area contributed by atoms with Crippen LogP contribution in [0.4, 0.5) is 0 Å². The quantitative estimate of drug-likeness (QED) is 0.0107. The Morgan fingerprint density at radius 1 is 0.359 bits per heavy atom. The van der Waals surface area contributed by atoms with Gasteiger partial charge in [-0.2, -0.15) is 0 Å². The lowest BCUT2D eigenvalue weighted by Crippen LogP contribution is -2.32. The first kappa shape index (κ1) is 106. The van der Waals surface area contributed by atoms with Gasteiger partial charge in [0.15, 0.2) is 111 Å². The molecule has 5 aliphatic heterocycles. The first-order valence-corrected chi connectivity index (χ1v) is 62.5. The van der Waals surface area contributed by atoms with Crippen molar-refractivity contribution in [2.75, 3.05) is 115 Å². The van der Waals surface area contributed by atoms with Gasteiger partial charge in [0, 0.05) is 28.3 Å². The lowest BCUT2D eigenvalue weighted by Gasteiger charge is -2.19. The number of aliphatic hydroxyl groups excluding tert-OH is 10. The Bertz CT molecular complexity index is 6440. The molecule has 0 aromatic carbocycles. The van der Waals surface area contributed by atoms with E-state index in [1.54, 1.807) is 52.9 Å². The van der Waals surface area contributed by atoms with E-state index in [-0.39, 0.29) is 60.2 Å². The molecule has 10 aromatic rings. The first-order chi connectivity index (χ1) is 61.0. The van der Waals surface area contributed by atoms with Crippen LogP contribution in [0.1, 0.15) is 113 Å². The summed E-state index contributed by atoms with van der Waals surface area (Å²) >= 11 is 11.5. The fourth-order valence-electron chi connectivity index (χ4n) is 15.5. The second-order valence-electron chi connectivity index (χ2n) is 36.9. The topological polar surface area (TPSA) is 569 Å². The van der Waals surface area contributed by atoms with Gasteiger partial charge in [-0.25, -0.2) is 44.9 Å². The number of imidazole rings is 5. The first-order valence-electron chi connectivity index (χ1n) is 42.6. The largest absolute Gasteiger partial charge is 0.388 e. The van der Waals surface area contributed by atoms with Crippen LogP contribution in [0.15, 0.2) is 39.4 Å². The number of aliphatic hydroxyl groups is 10. The van der Waals surface area contributed by atoms with Crippen LogP contribution in [-0.2, 0) is 23.7 Å². The molecule has 50 heteroatoms. The summed E-state index contributed by atoms with van der Waals surface area (Å²) in [5, 5.41) is 107. The number of rotatable bonds is 26. The van der Waals surface area contributed by atoms with Gasteiger partial charge in [0.1, 0.15) is 90.2 Å². The maximum atomic E-state index is 12.3. The highest BCUT2D eigenvalue weighted by atomic mass is 127. The average Bonchev–Trinajstić information content (AvgIpc) is 1.62. The van der Waals surface area contributed by atoms with Crippen LogP contribution in [0.25, 0.3) is 55.8 Å². The van der Waals surface area contributed by atoms with E-state index in [2.05, 4.69) is 180 Å². The Morgan fingerprint density at radius 3 is 0.901 bits per heavy atom. The summed E-state index contributed by atoms with van der Waals surface area (Å²) in [6, 6.07) is 0. The zero-order valence-electron chi connectivity index (χ0n) is 76.8. The van der Waals surface area contributed by atoms with Crippen LogP contribution in [0.3, 0.4) is 0 Å². The lowest BCUT2D eigenvalue weighted by atomic mass is 10.1. The zero-order valence-corrected chi connectivity index (χ0v) is 86.7. The Balaban J connectivity index is 0.000000158. The van der Waals surface area contributed by atoms with Crippen LogP contribution in [0.5, 0.6) is 0 Å². The molecule has 5 fully saturated rings. The maximum absolute atomic E-state index is 12.3. The Hall–Kier alpha value is -5.35. The van der Waals surface area contributed by atoms with Gasteiger partial charge in [-0.05, 0) is 195 Å². The van der Waals surface area contributed by atoms with Crippen LogP contribution in [0, 0.1) is 43.2 Å². The Morgan fingerprint density at radius 2 is 0.611 bits per heavy atom. The number of aromatic nitrogens is 20. The summed E-state index contributed by atoms with van der Waals surface area (Å²) in [6.07, 6.45) is 13.5. The van der Waals surface area contributed by atoms with E-state index in [1.807, 2.05) is 35.8 Å². The van der Waals surface area contributed by atoms with Crippen molar-refractivity contribution in [1.29, 1.82) is 0 Å². The van der Waals surface area contributed by atoms with E-state index in [1.165, 1.54) is 39.9 Å². The molecule has 0 spiro atoms. The van der Waals surface area contributed by atoms with Crippen molar-refractivity contribution < 1.29 is 74.7 Å². The molecule has 5 aliphatic rings. The molecule has 726 valence electrons. The molecule has 0 amide bonds. The van der Waals surface area contributed by atoms with E-state index in [4.69, 9.17) is 35.9 Å². The Labute approximate surface area is 788 Å². The number of halogens is 1. The van der Waals surface area contributed by atoms with E-state index in [0.717, 1.165) is 48.7 Å². The molecule has 0 radical (unpaired) electrons. The molecule has 131 heavy (non-hydrogen) atoms. The SMILES string of the molecule is C=P(C)(C)CC[C@H]1O[C@@H](n2c(=S)[nH]c3c(=O)[nH]c(C)nc32)[C@H](O)[C@@H]1O.C=P(C)(C)CC[C@H]1O[C@@H](n2c(I)nc3c(=O)[nH]c(C)nc32)[C@H](O)[C@@H]1O.C=P(C)(C)CC[C@H]1O[C@@H](n2c(SC)nc3c(=O)[nH]c(C)nc32)[C@H](O)[C@@H]1O.C=P(C)(C)CC[C@H]1O[C@@H](n2c(SCC)nc3c(=O)[nH]c(C)nc32)[C@H](O)[C@@H]1O.C=P(C)(C)CC[C@H]1O[C@@H](n2c(SCCC)nc3c(=O)[nH]c(C)nc32)[C@H](O)[C@@H]1O.